The summed E-state index contributed by atoms with van der Waals surface area (Å²) in [5, 5.41) is 9.39. The monoisotopic (exact) mass is 442 g/mol. The van der Waals surface area contributed by atoms with Crippen molar-refractivity contribution in [2.75, 3.05) is 13.1 Å². The van der Waals surface area contributed by atoms with Crippen molar-refractivity contribution in [1.82, 2.24) is 9.88 Å². The summed E-state index contributed by atoms with van der Waals surface area (Å²) < 4.78 is 6.67. The Morgan fingerprint density at radius 3 is 2.42 bits per heavy atom. The lowest BCUT2D eigenvalue weighted by molar-refractivity contribution is -0.0282. The van der Waals surface area contributed by atoms with E-state index in [4.69, 9.17) is 4.74 Å². The SMILES string of the molecule is C=CCc1ccc(C(OC2CCN(Cc3cccnc3C(=O)O)CC2)c2ccccc2)cc1. The Morgan fingerprint density at radius 2 is 1.76 bits per heavy atom. The molecule has 4 rings (SSSR count). The number of rotatable bonds is 9. The van der Waals surface area contributed by atoms with E-state index >= 15 is 0 Å². The average Bonchev–Trinajstić information content (AvgIpc) is 2.85. The van der Waals surface area contributed by atoms with E-state index in [0.29, 0.717) is 6.54 Å². The maximum atomic E-state index is 11.5. The number of hydrogen-bond acceptors (Lipinski definition) is 4. The van der Waals surface area contributed by atoms with Gasteiger partial charge >= 0.3 is 5.97 Å². The van der Waals surface area contributed by atoms with Crippen LogP contribution in [0.5, 0.6) is 0 Å². The molecule has 2 heterocycles. The van der Waals surface area contributed by atoms with Crippen LogP contribution in [0.15, 0.2) is 85.6 Å². The van der Waals surface area contributed by atoms with Crippen molar-refractivity contribution >= 4 is 5.97 Å². The molecule has 5 heteroatoms. The van der Waals surface area contributed by atoms with Gasteiger partial charge in [0.05, 0.1) is 6.10 Å². The Kier molecular flexibility index (Phi) is 7.66. The number of aromatic nitrogens is 1. The Labute approximate surface area is 195 Å². The molecule has 1 aliphatic heterocycles. The molecule has 2 aromatic carbocycles. The number of carboxylic acids is 1. The number of allylic oxidation sites excluding steroid dienone is 1. The van der Waals surface area contributed by atoms with E-state index in [2.05, 4.69) is 52.9 Å². The summed E-state index contributed by atoms with van der Waals surface area (Å²) in [6.45, 7) is 6.13. The first-order valence-electron chi connectivity index (χ1n) is 11.4. The summed E-state index contributed by atoms with van der Waals surface area (Å²) in [5.41, 5.74) is 4.44. The van der Waals surface area contributed by atoms with Crippen molar-refractivity contribution in [2.24, 2.45) is 0 Å². The number of pyridine rings is 1. The van der Waals surface area contributed by atoms with Gasteiger partial charge in [0.15, 0.2) is 5.69 Å². The van der Waals surface area contributed by atoms with Crippen molar-refractivity contribution in [2.45, 2.75) is 38.0 Å². The van der Waals surface area contributed by atoms with Gasteiger partial charge < -0.3 is 9.84 Å². The molecular formula is C28H30N2O3. The molecule has 1 N–H and O–H groups in total. The first-order valence-corrected chi connectivity index (χ1v) is 11.4. The topological polar surface area (TPSA) is 62.7 Å². The molecule has 170 valence electrons. The van der Waals surface area contributed by atoms with Crippen LogP contribution in [0.3, 0.4) is 0 Å². The Balaban J connectivity index is 1.42. The minimum Gasteiger partial charge on any atom is -0.477 e. The fourth-order valence-corrected chi connectivity index (χ4v) is 4.37. The Bertz CT molecular complexity index is 1060. The van der Waals surface area contributed by atoms with E-state index in [-0.39, 0.29) is 17.9 Å². The van der Waals surface area contributed by atoms with Crippen LogP contribution in [0.2, 0.25) is 0 Å². The molecule has 0 radical (unpaired) electrons. The number of piperidine rings is 1. The van der Waals surface area contributed by atoms with Gasteiger partial charge in [-0.05, 0) is 47.6 Å². The fourth-order valence-electron chi connectivity index (χ4n) is 4.37. The van der Waals surface area contributed by atoms with E-state index in [1.165, 1.54) is 11.8 Å². The van der Waals surface area contributed by atoms with E-state index < -0.39 is 5.97 Å². The van der Waals surface area contributed by atoms with Crippen LogP contribution < -0.4 is 0 Å². The second-order valence-electron chi connectivity index (χ2n) is 8.45. The molecule has 0 aliphatic carbocycles. The number of carbonyl (C=O) groups is 1. The lowest BCUT2D eigenvalue weighted by Gasteiger charge is -2.34. The van der Waals surface area contributed by atoms with Gasteiger partial charge in [-0.3, -0.25) is 4.90 Å². The maximum absolute atomic E-state index is 11.5. The van der Waals surface area contributed by atoms with E-state index in [9.17, 15) is 9.90 Å². The standard InChI is InChI=1S/C28H30N2O3/c1-2-7-21-11-13-23(14-12-21)27(22-8-4-3-5-9-22)33-25-15-18-30(19-16-25)20-24-10-6-17-29-26(24)28(31)32/h2-6,8-14,17,25,27H,1,7,15-16,18-20H2,(H,31,32). The van der Waals surface area contributed by atoms with Crippen LogP contribution in [-0.4, -0.2) is 40.2 Å². The predicted molar refractivity (Wildman–Crippen MR) is 129 cm³/mol. The number of hydrogen-bond donors (Lipinski definition) is 1. The smallest absolute Gasteiger partial charge is 0.354 e. The lowest BCUT2D eigenvalue weighted by Crippen LogP contribution is -2.37. The van der Waals surface area contributed by atoms with Gasteiger partial charge in [-0.2, -0.15) is 0 Å². The Hall–Kier alpha value is -3.28. The van der Waals surface area contributed by atoms with Crippen LogP contribution >= 0.6 is 0 Å². The normalized spacial score (nSPS) is 15.8. The van der Waals surface area contributed by atoms with Crippen LogP contribution in [0, 0.1) is 0 Å². The molecule has 5 nitrogen and oxygen atoms in total. The van der Waals surface area contributed by atoms with Crippen molar-refractivity contribution in [3.05, 3.63) is 114 Å². The third-order valence-electron chi connectivity index (χ3n) is 6.12. The molecule has 0 bridgehead atoms. The second kappa shape index (κ2) is 11.0. The molecule has 1 aliphatic rings. The quantitative estimate of drug-likeness (QED) is 0.457. The molecule has 1 unspecified atom stereocenters. The highest BCUT2D eigenvalue weighted by molar-refractivity contribution is 5.86. The highest BCUT2D eigenvalue weighted by Gasteiger charge is 2.25. The largest absolute Gasteiger partial charge is 0.477 e. The molecule has 0 spiro atoms. The molecule has 0 saturated carbocycles. The van der Waals surface area contributed by atoms with E-state index in [1.54, 1.807) is 6.07 Å². The first-order chi connectivity index (χ1) is 16.1. The van der Waals surface area contributed by atoms with Gasteiger partial charge in [0, 0.05) is 25.8 Å². The molecule has 3 aromatic rings. The predicted octanol–water partition coefficient (Wildman–Crippen LogP) is 5.28. The third kappa shape index (κ3) is 5.95. The molecule has 1 fully saturated rings. The van der Waals surface area contributed by atoms with Gasteiger partial charge in [0.1, 0.15) is 6.10 Å². The molecular weight excluding hydrogens is 412 g/mol. The number of nitrogens with zero attached hydrogens (tertiary/aromatic N) is 2. The Morgan fingerprint density at radius 1 is 1.06 bits per heavy atom. The van der Waals surface area contributed by atoms with Gasteiger partial charge in [0.2, 0.25) is 0 Å². The number of likely N-dealkylation sites (tertiary alicyclic amines) is 1. The first kappa shape index (κ1) is 22.9. The lowest BCUT2D eigenvalue weighted by atomic mass is 9.98. The van der Waals surface area contributed by atoms with Crippen molar-refractivity contribution < 1.29 is 14.6 Å². The zero-order valence-corrected chi connectivity index (χ0v) is 18.8. The zero-order chi connectivity index (χ0) is 23.0. The van der Waals surface area contributed by atoms with Gasteiger partial charge in [0.25, 0.3) is 0 Å². The highest BCUT2D eigenvalue weighted by Crippen LogP contribution is 2.30. The van der Waals surface area contributed by atoms with Crippen molar-refractivity contribution in [1.29, 1.82) is 0 Å². The molecule has 1 aromatic heterocycles. The summed E-state index contributed by atoms with van der Waals surface area (Å²) in [7, 11) is 0. The minimum atomic E-state index is -0.978. The molecule has 33 heavy (non-hydrogen) atoms. The molecule has 0 amide bonds. The van der Waals surface area contributed by atoms with Gasteiger partial charge in [-0.1, -0.05) is 66.7 Å². The summed E-state index contributed by atoms with van der Waals surface area (Å²) in [6, 6.07) is 22.6. The summed E-state index contributed by atoms with van der Waals surface area (Å²) in [5.74, 6) is -0.978. The van der Waals surface area contributed by atoms with Crippen molar-refractivity contribution in [3.8, 4) is 0 Å². The van der Waals surface area contributed by atoms with Crippen LogP contribution in [0.4, 0.5) is 0 Å². The number of aromatic carboxylic acids is 1. The van der Waals surface area contributed by atoms with Gasteiger partial charge in [-0.25, -0.2) is 9.78 Å². The number of benzene rings is 2. The van der Waals surface area contributed by atoms with E-state index in [0.717, 1.165) is 49.0 Å². The molecule has 1 atom stereocenters. The van der Waals surface area contributed by atoms with Crippen LogP contribution in [-0.2, 0) is 17.7 Å². The second-order valence-corrected chi connectivity index (χ2v) is 8.45. The average molecular weight is 443 g/mol. The number of carboxylic acid groups (broad SMARTS) is 1. The fraction of sp³-hybridized carbons (Fsp3) is 0.286. The summed E-state index contributed by atoms with van der Waals surface area (Å²) in [6.07, 6.45) is 6.14. The van der Waals surface area contributed by atoms with Gasteiger partial charge in [-0.15, -0.1) is 6.58 Å². The van der Waals surface area contributed by atoms with Crippen LogP contribution in [0.1, 0.15) is 51.7 Å². The minimum absolute atomic E-state index is 0.113. The van der Waals surface area contributed by atoms with E-state index in [1.807, 2.05) is 30.3 Å². The molecule has 1 saturated heterocycles. The summed E-state index contributed by atoms with van der Waals surface area (Å²) >= 11 is 0. The van der Waals surface area contributed by atoms with Crippen molar-refractivity contribution in [3.63, 3.8) is 0 Å². The zero-order valence-electron chi connectivity index (χ0n) is 18.8. The summed E-state index contributed by atoms with van der Waals surface area (Å²) in [4.78, 5) is 17.8. The third-order valence-corrected chi connectivity index (χ3v) is 6.12. The maximum Gasteiger partial charge on any atom is 0.354 e. The van der Waals surface area contributed by atoms with Crippen LogP contribution in [0.25, 0.3) is 0 Å². The highest BCUT2D eigenvalue weighted by atomic mass is 16.5. The number of ether oxygens (including phenoxy) is 1.